The average Bonchev–Trinajstić information content (AvgIpc) is 4.11. The van der Waals surface area contributed by atoms with Crippen LogP contribution in [0.2, 0.25) is 0 Å². The van der Waals surface area contributed by atoms with Crippen molar-refractivity contribution >= 4 is 34.7 Å². The molecule has 5 N–H and O–H groups in total. The lowest BCUT2D eigenvalue weighted by atomic mass is 10.0. The molecule has 2 saturated heterocycles. The molecule has 3 aromatic heterocycles. The first-order valence-corrected chi connectivity index (χ1v) is 20.9. The van der Waals surface area contributed by atoms with Crippen molar-refractivity contribution in [3.05, 3.63) is 66.3 Å². The van der Waals surface area contributed by atoms with Crippen molar-refractivity contribution < 1.29 is 38.1 Å². The predicted octanol–water partition coefficient (Wildman–Crippen LogP) is 5.46. The first kappa shape index (κ1) is 41.5. The molecule has 3 aliphatic rings. The van der Waals surface area contributed by atoms with E-state index in [1.54, 1.807) is 22.2 Å². The fraction of sp³-hybridized carbons (Fsp3) is 0.455. The Labute approximate surface area is 352 Å². The van der Waals surface area contributed by atoms with Gasteiger partial charge in [-0.25, -0.2) is 19.2 Å². The van der Waals surface area contributed by atoms with E-state index in [2.05, 4.69) is 30.6 Å². The van der Waals surface area contributed by atoms with E-state index in [4.69, 9.17) is 9.47 Å². The van der Waals surface area contributed by atoms with Crippen molar-refractivity contribution in [2.24, 2.45) is 11.8 Å². The van der Waals surface area contributed by atoms with Crippen molar-refractivity contribution in [1.82, 2.24) is 44.9 Å². The summed E-state index contributed by atoms with van der Waals surface area (Å²) in [6, 6.07) is 9.14. The standard InChI is InChI=1S/C44H52FN9O7/c1-23(2)37(50-35(56)22-55)42(57)53-14-6-8-32(53)40-46-20-29(48-40)25-11-13-31-28(18-25)36(45)39-27-12-10-26(19-34(27)61-17-16-52(31)39)30-21-47-41(49-30)33-9-7-15-54(33)43(58)38(24(3)4)51-44(59)60-5/h10-13,18-21,23-24,32-33,37-38,55H,6-9,14-17,22H2,1-5H3,(H,46,48)(H,47,49)(H,50,56)(H,51,59)/t32-,33+,37+,38+/m1/s1. The van der Waals surface area contributed by atoms with Gasteiger partial charge in [-0.3, -0.25) is 14.4 Å². The quantitative estimate of drug-likeness (QED) is 0.115. The van der Waals surface area contributed by atoms with Crippen molar-refractivity contribution in [3.63, 3.8) is 0 Å². The Balaban J connectivity index is 1.03. The summed E-state index contributed by atoms with van der Waals surface area (Å²) in [5.74, 6) is 0.0648. The first-order chi connectivity index (χ1) is 29.4. The number of halogens is 1. The van der Waals surface area contributed by atoms with Crippen LogP contribution >= 0.6 is 0 Å². The number of likely N-dealkylation sites (tertiary alicyclic amines) is 2. The van der Waals surface area contributed by atoms with E-state index in [0.29, 0.717) is 72.4 Å². The van der Waals surface area contributed by atoms with Crippen LogP contribution in [0.5, 0.6) is 5.75 Å². The van der Waals surface area contributed by atoms with E-state index in [1.807, 2.05) is 68.7 Å². The fourth-order valence-corrected chi connectivity index (χ4v) is 8.95. The zero-order valence-corrected chi connectivity index (χ0v) is 35.0. The van der Waals surface area contributed by atoms with E-state index in [1.165, 1.54) is 7.11 Å². The van der Waals surface area contributed by atoms with Crippen molar-refractivity contribution in [1.29, 1.82) is 0 Å². The van der Waals surface area contributed by atoms with E-state index < -0.39 is 30.7 Å². The second kappa shape index (κ2) is 17.0. The Kier molecular flexibility index (Phi) is 11.6. The third-order valence-electron chi connectivity index (χ3n) is 12.1. The first-order valence-electron chi connectivity index (χ1n) is 20.9. The molecule has 4 atom stereocenters. The minimum Gasteiger partial charge on any atom is -0.491 e. The number of ether oxygens (including phenoxy) is 2. The topological polar surface area (TPSA) is 200 Å². The number of H-pyrrole nitrogens is 2. The average molecular weight is 838 g/mol. The van der Waals surface area contributed by atoms with Crippen molar-refractivity contribution in [2.45, 2.75) is 84.1 Å². The van der Waals surface area contributed by atoms with Crippen molar-refractivity contribution in [3.8, 4) is 39.5 Å². The highest BCUT2D eigenvalue weighted by atomic mass is 19.1. The number of hydrogen-bond donors (Lipinski definition) is 5. The molecule has 6 heterocycles. The summed E-state index contributed by atoms with van der Waals surface area (Å²) in [6.07, 6.45) is 5.74. The number of amides is 4. The summed E-state index contributed by atoms with van der Waals surface area (Å²) in [5.41, 5.74) is 4.70. The van der Waals surface area contributed by atoms with Gasteiger partial charge in [-0.1, -0.05) is 39.8 Å². The molecular weight excluding hydrogens is 786 g/mol. The number of aromatic amines is 2. The molecule has 5 aromatic rings. The molecule has 4 amide bonds. The number of carbonyl (C=O) groups is 4. The maximum Gasteiger partial charge on any atom is 0.407 e. The Morgan fingerprint density at radius 1 is 0.852 bits per heavy atom. The summed E-state index contributed by atoms with van der Waals surface area (Å²) in [6.45, 7) is 8.56. The van der Waals surface area contributed by atoms with Gasteiger partial charge < -0.3 is 49.5 Å². The molecule has 17 heteroatoms. The minimum absolute atomic E-state index is 0.149. The van der Waals surface area contributed by atoms with Crippen molar-refractivity contribution in [2.75, 3.05) is 33.4 Å². The van der Waals surface area contributed by atoms with Crippen LogP contribution in [0.15, 0.2) is 48.8 Å². The van der Waals surface area contributed by atoms with Gasteiger partial charge in [0.15, 0.2) is 5.82 Å². The number of hydrogen-bond acceptors (Lipinski definition) is 9. The van der Waals surface area contributed by atoms with Crippen LogP contribution < -0.4 is 15.4 Å². The Bertz CT molecular complexity index is 2470. The van der Waals surface area contributed by atoms with Gasteiger partial charge in [0.25, 0.3) is 0 Å². The number of rotatable bonds is 11. The number of benzene rings is 2. The SMILES string of the molecule is COC(=O)N[C@H](C(=O)N1CCC[C@H]1c1ncc(-c2ccc3c(c2)OCCn2c-3c(F)c3cc(-c4cnc([C@H]5CCCN5C(=O)[C@@H](NC(=O)CO)C(C)C)[nH]4)ccc32)[nH]1)C(C)C. The highest BCUT2D eigenvalue weighted by Gasteiger charge is 2.39. The van der Waals surface area contributed by atoms with Crippen LogP contribution in [-0.4, -0.2) is 109 Å². The molecule has 8 rings (SSSR count). The van der Waals surface area contributed by atoms with Crippen LogP contribution in [0, 0.1) is 17.7 Å². The van der Waals surface area contributed by atoms with E-state index in [-0.39, 0.29) is 41.6 Å². The number of aromatic nitrogens is 5. The number of fused-ring (bicyclic) bond motifs is 5. The number of aliphatic hydroxyl groups is 1. The maximum absolute atomic E-state index is 16.7. The van der Waals surface area contributed by atoms with Gasteiger partial charge >= 0.3 is 6.09 Å². The van der Waals surface area contributed by atoms with Crippen LogP contribution in [0.1, 0.15) is 77.1 Å². The molecule has 3 aliphatic heterocycles. The number of aliphatic hydroxyl groups excluding tert-OH is 1. The molecule has 61 heavy (non-hydrogen) atoms. The Morgan fingerprint density at radius 3 is 2.00 bits per heavy atom. The third-order valence-corrected chi connectivity index (χ3v) is 12.1. The molecule has 0 unspecified atom stereocenters. The molecule has 0 saturated carbocycles. The molecule has 0 bridgehead atoms. The zero-order chi connectivity index (χ0) is 43.1. The van der Waals surface area contributed by atoms with Gasteiger partial charge in [0.2, 0.25) is 17.7 Å². The molecule has 16 nitrogen and oxygen atoms in total. The van der Waals surface area contributed by atoms with Crippen LogP contribution in [0.25, 0.3) is 44.7 Å². The summed E-state index contributed by atoms with van der Waals surface area (Å²) >= 11 is 0. The molecule has 322 valence electrons. The molecule has 0 spiro atoms. The van der Waals surface area contributed by atoms with Gasteiger partial charge in [-0.2, -0.15) is 0 Å². The molecular formula is C44H52FN9O7. The number of nitrogens with zero attached hydrogens (tertiary/aromatic N) is 5. The van der Waals surface area contributed by atoms with E-state index >= 15 is 4.39 Å². The van der Waals surface area contributed by atoms with E-state index in [9.17, 15) is 24.3 Å². The normalized spacial score (nSPS) is 18.4. The summed E-state index contributed by atoms with van der Waals surface area (Å²) in [7, 11) is 1.27. The Hall–Kier alpha value is -6.23. The van der Waals surface area contributed by atoms with Gasteiger partial charge in [-0.05, 0) is 61.8 Å². The maximum atomic E-state index is 16.7. The zero-order valence-electron chi connectivity index (χ0n) is 35.0. The lowest BCUT2D eigenvalue weighted by Crippen LogP contribution is -2.51. The van der Waals surface area contributed by atoms with Gasteiger partial charge in [0.1, 0.15) is 42.7 Å². The molecule has 0 radical (unpaired) electrons. The number of alkyl carbamates (subject to hydrolysis) is 1. The third kappa shape index (κ3) is 7.82. The van der Waals surface area contributed by atoms with Gasteiger partial charge in [0.05, 0.1) is 60.7 Å². The highest BCUT2D eigenvalue weighted by molar-refractivity contribution is 5.93. The van der Waals surface area contributed by atoms with Gasteiger partial charge in [0, 0.05) is 35.2 Å². The summed E-state index contributed by atoms with van der Waals surface area (Å²) < 4.78 is 29.7. The second-order valence-electron chi connectivity index (χ2n) is 16.7. The lowest BCUT2D eigenvalue weighted by molar-refractivity contribution is -0.139. The van der Waals surface area contributed by atoms with Crippen LogP contribution in [0.4, 0.5) is 9.18 Å². The smallest absolute Gasteiger partial charge is 0.407 e. The Morgan fingerprint density at radius 2 is 1.43 bits per heavy atom. The minimum atomic E-state index is -0.778. The van der Waals surface area contributed by atoms with Crippen LogP contribution in [0.3, 0.4) is 0 Å². The number of nitrogens with one attached hydrogen (secondary N) is 4. The highest BCUT2D eigenvalue weighted by Crippen LogP contribution is 2.42. The molecule has 2 aromatic carbocycles. The van der Waals surface area contributed by atoms with Crippen LogP contribution in [-0.2, 0) is 25.7 Å². The number of carbonyl (C=O) groups excluding carboxylic acids is 4. The largest absolute Gasteiger partial charge is 0.491 e. The number of methoxy groups -OCH3 is 1. The molecule has 0 aliphatic carbocycles. The van der Waals surface area contributed by atoms with Gasteiger partial charge in [-0.15, -0.1) is 0 Å². The number of imidazole rings is 2. The summed E-state index contributed by atoms with van der Waals surface area (Å²) in [4.78, 5) is 70.9. The molecule has 2 fully saturated rings. The predicted molar refractivity (Wildman–Crippen MR) is 223 cm³/mol. The van der Waals surface area contributed by atoms with E-state index in [0.717, 1.165) is 41.6 Å². The monoisotopic (exact) mass is 837 g/mol. The summed E-state index contributed by atoms with van der Waals surface area (Å²) in [5, 5.41) is 15.1. The lowest BCUT2D eigenvalue weighted by Gasteiger charge is -2.30. The fourth-order valence-electron chi connectivity index (χ4n) is 8.95. The second-order valence-corrected chi connectivity index (χ2v) is 16.7.